The van der Waals surface area contributed by atoms with Crippen LogP contribution in [0.4, 0.5) is 0 Å². The summed E-state index contributed by atoms with van der Waals surface area (Å²) >= 11 is 0. The summed E-state index contributed by atoms with van der Waals surface area (Å²) in [5, 5.41) is 0. The molecule has 1 atom stereocenters. The van der Waals surface area contributed by atoms with E-state index in [0.717, 1.165) is 18.4 Å². The van der Waals surface area contributed by atoms with Crippen molar-refractivity contribution in [2.45, 2.75) is 25.8 Å². The van der Waals surface area contributed by atoms with Crippen molar-refractivity contribution in [3.63, 3.8) is 0 Å². The minimum atomic E-state index is -0.675. The fourth-order valence-electron chi connectivity index (χ4n) is 1.44. The van der Waals surface area contributed by atoms with Gasteiger partial charge < -0.3 is 10.5 Å². The summed E-state index contributed by atoms with van der Waals surface area (Å²) in [4.78, 5) is 11.2. The minimum Gasteiger partial charge on any atom is -0.468 e. The van der Waals surface area contributed by atoms with Crippen LogP contribution in [0.2, 0.25) is 0 Å². The lowest BCUT2D eigenvalue weighted by molar-refractivity contribution is -0.142. The van der Waals surface area contributed by atoms with E-state index in [9.17, 15) is 4.79 Å². The summed E-state index contributed by atoms with van der Waals surface area (Å²) in [6.45, 7) is 2.13. The number of hydrogen-bond acceptors (Lipinski definition) is 3. The average Bonchev–Trinajstić information content (AvgIpc) is 2.28. The molecule has 2 N–H and O–H groups in total. The van der Waals surface area contributed by atoms with Crippen LogP contribution in [0.3, 0.4) is 0 Å². The van der Waals surface area contributed by atoms with Gasteiger partial charge in [-0.3, -0.25) is 4.79 Å². The number of nitrogens with two attached hydrogens (primary N) is 1. The Morgan fingerprint density at radius 2 is 2.00 bits per heavy atom. The van der Waals surface area contributed by atoms with Gasteiger partial charge in [0.2, 0.25) is 0 Å². The van der Waals surface area contributed by atoms with E-state index in [1.165, 1.54) is 12.7 Å². The van der Waals surface area contributed by atoms with Crippen LogP contribution in [0.1, 0.15) is 30.5 Å². The number of aryl methyl sites for hydroxylation is 1. The maximum absolute atomic E-state index is 11.2. The van der Waals surface area contributed by atoms with E-state index in [-0.39, 0.29) is 0 Å². The molecule has 1 aromatic carbocycles. The van der Waals surface area contributed by atoms with Crippen LogP contribution in [0.5, 0.6) is 0 Å². The molecule has 82 valence electrons. The van der Waals surface area contributed by atoms with Gasteiger partial charge in [-0.25, -0.2) is 0 Å². The van der Waals surface area contributed by atoms with Gasteiger partial charge in [0.1, 0.15) is 6.04 Å². The van der Waals surface area contributed by atoms with Gasteiger partial charge >= 0.3 is 5.97 Å². The van der Waals surface area contributed by atoms with E-state index in [2.05, 4.69) is 11.7 Å². The van der Waals surface area contributed by atoms with Crippen molar-refractivity contribution in [3.8, 4) is 0 Å². The Bertz CT molecular complexity index is 319. The second-order valence-electron chi connectivity index (χ2n) is 3.49. The molecule has 0 aliphatic heterocycles. The summed E-state index contributed by atoms with van der Waals surface area (Å²) in [7, 11) is 1.34. The van der Waals surface area contributed by atoms with Crippen molar-refractivity contribution in [1.82, 2.24) is 0 Å². The molecule has 3 nitrogen and oxygen atoms in total. The van der Waals surface area contributed by atoms with Crippen molar-refractivity contribution < 1.29 is 9.53 Å². The standard InChI is InChI=1S/C12H17NO2/c1-3-4-9-5-7-10(8-6-9)11(13)12(14)15-2/h5-8,11H,3-4,13H2,1-2H3. The first kappa shape index (κ1) is 11.7. The molecule has 0 radical (unpaired) electrons. The second-order valence-corrected chi connectivity index (χ2v) is 3.49. The molecule has 15 heavy (non-hydrogen) atoms. The number of methoxy groups -OCH3 is 1. The van der Waals surface area contributed by atoms with E-state index >= 15 is 0 Å². The van der Waals surface area contributed by atoms with Crippen LogP contribution >= 0.6 is 0 Å². The highest BCUT2D eigenvalue weighted by molar-refractivity contribution is 5.77. The van der Waals surface area contributed by atoms with Crippen LogP contribution in [0.15, 0.2) is 24.3 Å². The van der Waals surface area contributed by atoms with Gasteiger partial charge in [0.25, 0.3) is 0 Å². The Morgan fingerprint density at radius 1 is 1.40 bits per heavy atom. The van der Waals surface area contributed by atoms with E-state index in [0.29, 0.717) is 0 Å². The quantitative estimate of drug-likeness (QED) is 0.766. The Hall–Kier alpha value is -1.35. The van der Waals surface area contributed by atoms with Gasteiger partial charge in [0.15, 0.2) is 0 Å². The molecule has 1 unspecified atom stereocenters. The maximum Gasteiger partial charge on any atom is 0.327 e. The molecular weight excluding hydrogens is 190 g/mol. The van der Waals surface area contributed by atoms with Crippen molar-refractivity contribution >= 4 is 5.97 Å². The predicted molar refractivity (Wildman–Crippen MR) is 59.4 cm³/mol. The summed E-state index contributed by atoms with van der Waals surface area (Å²) in [6, 6.07) is 7.09. The van der Waals surface area contributed by atoms with Gasteiger partial charge in [0, 0.05) is 0 Å². The molecule has 0 bridgehead atoms. The van der Waals surface area contributed by atoms with E-state index in [1.807, 2.05) is 24.3 Å². The monoisotopic (exact) mass is 207 g/mol. The molecule has 0 heterocycles. The average molecular weight is 207 g/mol. The molecule has 0 aliphatic carbocycles. The molecule has 0 saturated carbocycles. The molecule has 1 aromatic rings. The summed E-state index contributed by atoms with van der Waals surface area (Å²) in [5.74, 6) is -0.404. The first-order valence-corrected chi connectivity index (χ1v) is 5.11. The Balaban J connectivity index is 2.75. The second kappa shape index (κ2) is 5.51. The zero-order valence-corrected chi connectivity index (χ0v) is 9.19. The third-order valence-electron chi connectivity index (χ3n) is 2.33. The number of ether oxygens (including phenoxy) is 1. The van der Waals surface area contributed by atoms with Gasteiger partial charge in [-0.05, 0) is 17.5 Å². The predicted octanol–water partition coefficient (Wildman–Crippen LogP) is 1.81. The van der Waals surface area contributed by atoms with Crippen molar-refractivity contribution in [3.05, 3.63) is 35.4 Å². The van der Waals surface area contributed by atoms with Gasteiger partial charge in [0.05, 0.1) is 7.11 Å². The lowest BCUT2D eigenvalue weighted by Crippen LogP contribution is -2.22. The largest absolute Gasteiger partial charge is 0.468 e. The number of benzene rings is 1. The topological polar surface area (TPSA) is 52.3 Å². The van der Waals surface area contributed by atoms with Crippen LogP contribution in [-0.4, -0.2) is 13.1 Å². The van der Waals surface area contributed by atoms with Gasteiger partial charge in [-0.15, -0.1) is 0 Å². The lowest BCUT2D eigenvalue weighted by Gasteiger charge is -2.09. The van der Waals surface area contributed by atoms with E-state index in [4.69, 9.17) is 5.73 Å². The molecule has 1 rings (SSSR count). The SMILES string of the molecule is CCCc1ccc(C(N)C(=O)OC)cc1. The zero-order chi connectivity index (χ0) is 11.3. The Labute approximate surface area is 90.2 Å². The van der Waals surface area contributed by atoms with E-state index in [1.54, 1.807) is 0 Å². The summed E-state index contributed by atoms with van der Waals surface area (Å²) in [5.41, 5.74) is 7.75. The van der Waals surface area contributed by atoms with Crippen molar-refractivity contribution in [1.29, 1.82) is 0 Å². The minimum absolute atomic E-state index is 0.404. The molecular formula is C12H17NO2. The van der Waals surface area contributed by atoms with Crippen LogP contribution in [-0.2, 0) is 16.0 Å². The Morgan fingerprint density at radius 3 is 2.47 bits per heavy atom. The molecule has 0 fully saturated rings. The fourth-order valence-corrected chi connectivity index (χ4v) is 1.44. The van der Waals surface area contributed by atoms with Crippen molar-refractivity contribution in [2.24, 2.45) is 5.73 Å². The van der Waals surface area contributed by atoms with E-state index < -0.39 is 12.0 Å². The summed E-state index contributed by atoms with van der Waals surface area (Å²) in [6.07, 6.45) is 2.16. The number of carbonyl (C=O) groups is 1. The van der Waals surface area contributed by atoms with Crippen molar-refractivity contribution in [2.75, 3.05) is 7.11 Å². The maximum atomic E-state index is 11.2. The third-order valence-corrected chi connectivity index (χ3v) is 2.33. The third kappa shape index (κ3) is 3.06. The number of carbonyl (C=O) groups excluding carboxylic acids is 1. The van der Waals surface area contributed by atoms with Crippen LogP contribution in [0, 0.1) is 0 Å². The van der Waals surface area contributed by atoms with Crippen LogP contribution < -0.4 is 5.73 Å². The first-order valence-electron chi connectivity index (χ1n) is 5.11. The smallest absolute Gasteiger partial charge is 0.327 e. The lowest BCUT2D eigenvalue weighted by atomic mass is 10.0. The Kier molecular flexibility index (Phi) is 4.31. The highest BCUT2D eigenvalue weighted by atomic mass is 16.5. The first-order chi connectivity index (χ1) is 7.19. The highest BCUT2D eigenvalue weighted by Crippen LogP contribution is 2.13. The molecule has 0 spiro atoms. The normalized spacial score (nSPS) is 12.2. The summed E-state index contributed by atoms with van der Waals surface area (Å²) < 4.78 is 4.58. The van der Waals surface area contributed by atoms with Gasteiger partial charge in [-0.1, -0.05) is 37.6 Å². The van der Waals surface area contributed by atoms with Gasteiger partial charge in [-0.2, -0.15) is 0 Å². The van der Waals surface area contributed by atoms with Crippen LogP contribution in [0.25, 0.3) is 0 Å². The molecule has 0 aromatic heterocycles. The molecule has 3 heteroatoms. The fraction of sp³-hybridized carbons (Fsp3) is 0.417. The molecule has 0 saturated heterocycles. The number of rotatable bonds is 4. The zero-order valence-electron chi connectivity index (χ0n) is 9.19. The molecule has 0 amide bonds. The number of hydrogen-bond donors (Lipinski definition) is 1. The molecule has 0 aliphatic rings. The number of esters is 1. The highest BCUT2D eigenvalue weighted by Gasteiger charge is 2.15.